The van der Waals surface area contributed by atoms with Crippen LogP contribution in [-0.2, 0) is 9.53 Å². The second-order valence-electron chi connectivity index (χ2n) is 5.44. The number of hydrogen-bond acceptors (Lipinski definition) is 5. The average molecular weight is 555 g/mol. The molecule has 1 N–H and O–H groups in total. The van der Waals surface area contributed by atoms with E-state index in [-0.39, 0.29) is 12.2 Å². The number of nitriles is 1. The summed E-state index contributed by atoms with van der Waals surface area (Å²) in [5.41, 5.74) is 1.47. The molecular formula is C20H16BrIN2O4. The molecule has 0 atom stereocenters. The van der Waals surface area contributed by atoms with Crippen molar-refractivity contribution < 1.29 is 19.1 Å². The van der Waals surface area contributed by atoms with E-state index in [9.17, 15) is 14.9 Å². The second kappa shape index (κ2) is 10.2. The van der Waals surface area contributed by atoms with Gasteiger partial charge < -0.3 is 14.8 Å². The molecule has 0 unspecified atom stereocenters. The molecular weight excluding hydrogens is 539 g/mol. The molecule has 0 aliphatic heterocycles. The van der Waals surface area contributed by atoms with Crippen molar-refractivity contribution in [2.75, 3.05) is 19.0 Å². The molecule has 0 saturated heterocycles. The molecule has 8 heteroatoms. The van der Waals surface area contributed by atoms with E-state index >= 15 is 0 Å². The summed E-state index contributed by atoms with van der Waals surface area (Å²) >= 11 is 5.53. The molecule has 0 aliphatic carbocycles. The normalized spacial score (nSPS) is 10.8. The lowest BCUT2D eigenvalue weighted by molar-refractivity contribution is -0.112. The molecule has 0 saturated carbocycles. The first-order valence-corrected chi connectivity index (χ1v) is 10.00. The summed E-state index contributed by atoms with van der Waals surface area (Å²) in [6.07, 6.45) is 1.49. The summed E-state index contributed by atoms with van der Waals surface area (Å²) in [4.78, 5) is 24.1. The SMILES string of the molecule is CCOC(=O)c1ccc(NC(=O)/C(C#N)=C/c2cc(Br)c(OC)c(I)c2)cc1. The van der Waals surface area contributed by atoms with Crippen LogP contribution in [0.5, 0.6) is 5.75 Å². The second-order valence-corrected chi connectivity index (χ2v) is 7.46. The van der Waals surface area contributed by atoms with Gasteiger partial charge in [0.15, 0.2) is 0 Å². The fourth-order valence-corrected chi connectivity index (χ4v) is 4.16. The molecule has 0 spiro atoms. The van der Waals surface area contributed by atoms with Crippen LogP contribution in [0.1, 0.15) is 22.8 Å². The number of carbonyl (C=O) groups is 2. The quantitative estimate of drug-likeness (QED) is 0.240. The van der Waals surface area contributed by atoms with Gasteiger partial charge in [-0.15, -0.1) is 0 Å². The van der Waals surface area contributed by atoms with E-state index in [1.807, 2.05) is 12.1 Å². The Bertz CT molecular complexity index is 942. The van der Waals surface area contributed by atoms with Gasteiger partial charge in [0, 0.05) is 5.69 Å². The van der Waals surface area contributed by atoms with Gasteiger partial charge in [-0.25, -0.2) is 4.79 Å². The summed E-state index contributed by atoms with van der Waals surface area (Å²) in [7, 11) is 1.57. The summed E-state index contributed by atoms with van der Waals surface area (Å²) in [5.74, 6) is -0.298. The minimum atomic E-state index is -0.548. The van der Waals surface area contributed by atoms with Crippen LogP contribution in [0.25, 0.3) is 6.08 Å². The number of anilines is 1. The first-order valence-electron chi connectivity index (χ1n) is 8.13. The Morgan fingerprint density at radius 2 is 1.96 bits per heavy atom. The third-order valence-corrected chi connectivity index (χ3v) is 4.95. The molecule has 0 fully saturated rings. The lowest BCUT2D eigenvalue weighted by Crippen LogP contribution is -2.13. The first-order chi connectivity index (χ1) is 13.4. The van der Waals surface area contributed by atoms with Gasteiger partial charge in [0.05, 0.1) is 27.3 Å². The van der Waals surface area contributed by atoms with Crippen molar-refractivity contribution in [1.29, 1.82) is 5.26 Å². The minimum Gasteiger partial charge on any atom is -0.494 e. The van der Waals surface area contributed by atoms with Crippen molar-refractivity contribution in [2.45, 2.75) is 6.92 Å². The van der Waals surface area contributed by atoms with Crippen LogP contribution >= 0.6 is 38.5 Å². The van der Waals surface area contributed by atoms with E-state index in [2.05, 4.69) is 43.8 Å². The maximum Gasteiger partial charge on any atom is 0.338 e. The fourth-order valence-electron chi connectivity index (χ4n) is 2.28. The van der Waals surface area contributed by atoms with Crippen molar-refractivity contribution >= 4 is 62.2 Å². The van der Waals surface area contributed by atoms with Gasteiger partial charge in [-0.1, -0.05) is 0 Å². The third-order valence-electron chi connectivity index (χ3n) is 3.55. The highest BCUT2D eigenvalue weighted by molar-refractivity contribution is 14.1. The highest BCUT2D eigenvalue weighted by Gasteiger charge is 2.13. The number of methoxy groups -OCH3 is 1. The number of carbonyl (C=O) groups excluding carboxylic acids is 2. The maximum absolute atomic E-state index is 12.4. The molecule has 1 amide bonds. The third kappa shape index (κ3) is 5.56. The smallest absolute Gasteiger partial charge is 0.338 e. The summed E-state index contributed by atoms with van der Waals surface area (Å²) in [6, 6.07) is 11.7. The monoisotopic (exact) mass is 554 g/mol. The standard InChI is InChI=1S/C20H16BrIN2O4/c1-3-28-20(26)13-4-6-15(7-5-13)24-19(25)14(11-23)8-12-9-16(21)18(27-2)17(22)10-12/h4-10H,3H2,1-2H3,(H,24,25)/b14-8+. The van der Waals surface area contributed by atoms with E-state index in [1.54, 1.807) is 44.4 Å². The van der Waals surface area contributed by atoms with Gasteiger partial charge in [-0.05, 0) is 93.5 Å². The van der Waals surface area contributed by atoms with Gasteiger partial charge in [0.1, 0.15) is 17.4 Å². The van der Waals surface area contributed by atoms with Crippen LogP contribution in [0.2, 0.25) is 0 Å². The molecule has 0 heterocycles. The maximum atomic E-state index is 12.4. The number of amides is 1. The number of ether oxygens (including phenoxy) is 2. The van der Waals surface area contributed by atoms with Crippen LogP contribution in [0, 0.1) is 14.9 Å². The first kappa shape index (κ1) is 21.9. The number of nitrogens with one attached hydrogen (secondary N) is 1. The molecule has 0 radical (unpaired) electrons. The zero-order valence-electron chi connectivity index (χ0n) is 15.1. The molecule has 6 nitrogen and oxygen atoms in total. The van der Waals surface area contributed by atoms with Crippen molar-refractivity contribution in [3.8, 4) is 11.8 Å². The molecule has 144 valence electrons. The Kier molecular flexibility index (Phi) is 8.02. The molecule has 2 rings (SSSR count). The highest BCUT2D eigenvalue weighted by Crippen LogP contribution is 2.32. The van der Waals surface area contributed by atoms with Crippen molar-refractivity contribution in [3.05, 3.63) is 61.1 Å². The van der Waals surface area contributed by atoms with E-state index in [0.717, 1.165) is 8.04 Å². The van der Waals surface area contributed by atoms with E-state index in [1.165, 1.54) is 6.08 Å². The predicted octanol–water partition coefficient (Wildman–Crippen LogP) is 4.78. The number of rotatable bonds is 6. The van der Waals surface area contributed by atoms with Gasteiger partial charge >= 0.3 is 5.97 Å². The highest BCUT2D eigenvalue weighted by atomic mass is 127. The van der Waals surface area contributed by atoms with Crippen LogP contribution < -0.4 is 10.1 Å². The van der Waals surface area contributed by atoms with E-state index in [4.69, 9.17) is 9.47 Å². The predicted molar refractivity (Wildman–Crippen MR) is 118 cm³/mol. The molecule has 28 heavy (non-hydrogen) atoms. The topological polar surface area (TPSA) is 88.4 Å². The van der Waals surface area contributed by atoms with Crippen molar-refractivity contribution in [3.63, 3.8) is 0 Å². The van der Waals surface area contributed by atoms with Crippen molar-refractivity contribution in [2.24, 2.45) is 0 Å². The number of esters is 1. The number of benzene rings is 2. The van der Waals surface area contributed by atoms with E-state index in [0.29, 0.717) is 22.6 Å². The van der Waals surface area contributed by atoms with Crippen LogP contribution in [0.15, 0.2) is 46.4 Å². The van der Waals surface area contributed by atoms with Gasteiger partial charge in [0.25, 0.3) is 5.91 Å². The summed E-state index contributed by atoms with van der Waals surface area (Å²) in [5, 5.41) is 12.0. The van der Waals surface area contributed by atoms with Gasteiger partial charge in [0.2, 0.25) is 0 Å². The largest absolute Gasteiger partial charge is 0.494 e. The number of halogens is 2. The molecule has 2 aromatic carbocycles. The van der Waals surface area contributed by atoms with Crippen LogP contribution in [0.4, 0.5) is 5.69 Å². The molecule has 0 bridgehead atoms. The lowest BCUT2D eigenvalue weighted by Gasteiger charge is -2.08. The number of hydrogen-bond donors (Lipinski definition) is 1. The summed E-state index contributed by atoms with van der Waals surface area (Å²) < 4.78 is 11.8. The lowest BCUT2D eigenvalue weighted by atomic mass is 10.1. The fraction of sp³-hybridized carbons (Fsp3) is 0.150. The van der Waals surface area contributed by atoms with E-state index < -0.39 is 11.9 Å². The Balaban J connectivity index is 2.19. The summed E-state index contributed by atoms with van der Waals surface area (Å²) in [6.45, 7) is 2.01. The minimum absolute atomic E-state index is 0.0534. The van der Waals surface area contributed by atoms with Crippen LogP contribution in [-0.4, -0.2) is 25.6 Å². The molecule has 0 aliphatic rings. The zero-order chi connectivity index (χ0) is 20.7. The molecule has 0 aromatic heterocycles. The van der Waals surface area contributed by atoms with Crippen LogP contribution in [0.3, 0.4) is 0 Å². The Morgan fingerprint density at radius 3 is 2.50 bits per heavy atom. The zero-order valence-corrected chi connectivity index (χ0v) is 18.8. The Morgan fingerprint density at radius 1 is 1.29 bits per heavy atom. The van der Waals surface area contributed by atoms with Crippen molar-refractivity contribution in [1.82, 2.24) is 0 Å². The molecule has 2 aromatic rings. The van der Waals surface area contributed by atoms with Gasteiger partial charge in [-0.3, -0.25) is 4.79 Å². The number of nitrogens with zero attached hydrogens (tertiary/aromatic N) is 1. The Labute approximate surface area is 184 Å². The Hall–Kier alpha value is -2.38. The van der Waals surface area contributed by atoms with Gasteiger partial charge in [-0.2, -0.15) is 5.26 Å². The average Bonchev–Trinajstić information content (AvgIpc) is 2.66.